The molecule has 25 heavy (non-hydrogen) atoms. The molecule has 10 nitrogen and oxygen atoms in total. The predicted octanol–water partition coefficient (Wildman–Crippen LogP) is -1.61. The highest BCUT2D eigenvalue weighted by Gasteiger charge is 2.44. The molecule has 6 atom stereocenters. The maximum absolute atomic E-state index is 11.0. The van der Waals surface area contributed by atoms with Crippen LogP contribution in [0.4, 0.5) is 0 Å². The first-order valence-corrected chi connectivity index (χ1v) is 11.0. The predicted molar refractivity (Wildman–Crippen MR) is 92.8 cm³/mol. The van der Waals surface area contributed by atoms with Gasteiger partial charge in [0, 0.05) is 23.5 Å². The van der Waals surface area contributed by atoms with Crippen molar-refractivity contribution in [2.45, 2.75) is 42.7 Å². The molecule has 1 rings (SSSR count). The molecule has 0 aromatic carbocycles. The largest absolute Gasteiger partial charge is 0.394 e. The third kappa shape index (κ3) is 7.80. The second kappa shape index (κ2) is 10.1. The van der Waals surface area contributed by atoms with Gasteiger partial charge in [-0.05, 0) is 11.8 Å². The zero-order valence-electron chi connectivity index (χ0n) is 13.2. The van der Waals surface area contributed by atoms with Crippen LogP contribution in [0.25, 0.3) is 0 Å². The fourth-order valence-electron chi connectivity index (χ4n) is 1.96. The third-order valence-corrected chi connectivity index (χ3v) is 5.46. The summed E-state index contributed by atoms with van der Waals surface area (Å²) < 4.78 is 50.2. The van der Waals surface area contributed by atoms with E-state index in [0.29, 0.717) is 11.8 Å². The number of thioether (sulfide) groups is 1. The van der Waals surface area contributed by atoms with Crippen molar-refractivity contribution >= 4 is 37.9 Å². The van der Waals surface area contributed by atoms with E-state index in [-0.39, 0.29) is 17.9 Å². The molecular weight excluding hydrogens is 398 g/mol. The quantitative estimate of drug-likeness (QED) is 0.183. The number of rotatable bonds is 7. The summed E-state index contributed by atoms with van der Waals surface area (Å²) in [7, 11) is -5.88. The Kier molecular flexibility index (Phi) is 9.14. The van der Waals surface area contributed by atoms with E-state index in [1.54, 1.807) is 0 Å². The van der Waals surface area contributed by atoms with Crippen LogP contribution in [0.5, 0.6) is 0 Å². The number of allylic oxidation sites excluding steroid dienone is 1. The summed E-state index contributed by atoms with van der Waals surface area (Å²) in [6.07, 6.45) is -2.63. The molecular formula is C12H21NO9S3. The van der Waals surface area contributed by atoms with Gasteiger partial charge in [-0.15, -0.1) is 4.40 Å². The Morgan fingerprint density at radius 1 is 1.28 bits per heavy atom. The molecule has 0 radical (unpaired) electrons. The van der Waals surface area contributed by atoms with Crippen molar-refractivity contribution < 1.29 is 42.3 Å². The lowest BCUT2D eigenvalue weighted by molar-refractivity contribution is -0.205. The third-order valence-electron chi connectivity index (χ3n) is 3.13. The van der Waals surface area contributed by atoms with Gasteiger partial charge in [-0.3, -0.25) is 8.76 Å². The summed E-state index contributed by atoms with van der Waals surface area (Å²) in [4.78, 5) is 0. The number of hydrogen-bond donors (Lipinski definition) is 5. The Bertz CT molecular complexity index is 619. The van der Waals surface area contributed by atoms with E-state index < -0.39 is 57.6 Å². The fourth-order valence-corrected chi connectivity index (χ4v) is 4.18. The second-order valence-electron chi connectivity index (χ2n) is 5.16. The highest BCUT2D eigenvalue weighted by atomic mass is 32.2. The Labute approximate surface area is 152 Å². The van der Waals surface area contributed by atoms with E-state index in [2.05, 4.69) is 4.40 Å². The van der Waals surface area contributed by atoms with Crippen molar-refractivity contribution in [3.63, 3.8) is 0 Å². The van der Waals surface area contributed by atoms with E-state index in [0.717, 1.165) is 0 Å². The molecule has 0 spiro atoms. The van der Waals surface area contributed by atoms with E-state index in [9.17, 15) is 27.9 Å². The number of hydrogen-bond acceptors (Lipinski definition) is 9. The van der Waals surface area contributed by atoms with Gasteiger partial charge in [0.15, 0.2) is 0 Å². The molecule has 6 unspecified atom stereocenters. The molecule has 0 amide bonds. The monoisotopic (exact) mass is 419 g/mol. The van der Waals surface area contributed by atoms with Crippen molar-refractivity contribution in [1.29, 1.82) is 0 Å². The number of nitrogens with zero attached hydrogens (tertiary/aromatic N) is 1. The Morgan fingerprint density at radius 2 is 1.92 bits per heavy atom. The van der Waals surface area contributed by atoms with Crippen LogP contribution in [-0.4, -0.2) is 85.4 Å². The molecule has 0 bridgehead atoms. The second-order valence-corrected chi connectivity index (χ2v) is 8.68. The van der Waals surface area contributed by atoms with Gasteiger partial charge in [0.25, 0.3) is 0 Å². The van der Waals surface area contributed by atoms with Crippen molar-refractivity contribution in [2.75, 3.05) is 12.9 Å². The first-order valence-electron chi connectivity index (χ1n) is 7.07. The maximum Gasteiger partial charge on any atom is 0.379 e. The molecule has 1 saturated heterocycles. The van der Waals surface area contributed by atoms with Gasteiger partial charge in [0.2, 0.25) is 0 Å². The minimum atomic E-state index is -4.70. The zero-order chi connectivity index (χ0) is 19.2. The molecule has 1 heterocycles. The van der Waals surface area contributed by atoms with Crippen molar-refractivity contribution in [2.24, 2.45) is 4.40 Å². The number of ether oxygens (including phenoxy) is 1. The van der Waals surface area contributed by atoms with Crippen LogP contribution in [0.1, 0.15) is 12.8 Å². The highest BCUT2D eigenvalue weighted by Crippen LogP contribution is 2.30. The topological polar surface area (TPSA) is 174 Å². The molecule has 5 N–H and O–H groups in total. The van der Waals surface area contributed by atoms with E-state index in [1.165, 1.54) is 17.7 Å². The van der Waals surface area contributed by atoms with Gasteiger partial charge >= 0.3 is 10.3 Å². The lowest BCUT2D eigenvalue weighted by Crippen LogP contribution is -2.57. The van der Waals surface area contributed by atoms with Gasteiger partial charge in [-0.1, -0.05) is 17.8 Å². The molecule has 0 aliphatic carbocycles. The summed E-state index contributed by atoms with van der Waals surface area (Å²) in [6, 6.07) is 0. The zero-order valence-corrected chi connectivity index (χ0v) is 15.7. The Morgan fingerprint density at radius 3 is 2.44 bits per heavy atom. The molecule has 0 aromatic rings. The minimum Gasteiger partial charge on any atom is -0.394 e. The summed E-state index contributed by atoms with van der Waals surface area (Å²) in [5, 5.41) is 39.8. The molecule has 1 fully saturated rings. The highest BCUT2D eigenvalue weighted by molar-refractivity contribution is 8.14. The summed E-state index contributed by atoms with van der Waals surface area (Å²) in [5.41, 5.74) is -1.22. The van der Waals surface area contributed by atoms with Crippen molar-refractivity contribution in [1.82, 2.24) is 0 Å². The van der Waals surface area contributed by atoms with Crippen molar-refractivity contribution in [3.8, 4) is 0 Å². The van der Waals surface area contributed by atoms with E-state index in [4.69, 9.17) is 14.4 Å². The van der Waals surface area contributed by atoms with Crippen LogP contribution in [0.15, 0.2) is 15.9 Å². The molecule has 1 aliphatic rings. The Hall–Kier alpha value is -0.380. The van der Waals surface area contributed by atoms with Gasteiger partial charge in [0.1, 0.15) is 29.9 Å². The van der Waals surface area contributed by atoms with Gasteiger partial charge in [-0.25, -0.2) is 0 Å². The van der Waals surface area contributed by atoms with Gasteiger partial charge in [0.05, 0.1) is 11.7 Å². The smallest absolute Gasteiger partial charge is 0.379 e. The molecule has 0 saturated carbocycles. The first-order chi connectivity index (χ1) is 11.5. The Balaban J connectivity index is 2.89. The number of aliphatic hydroxyl groups is 4. The van der Waals surface area contributed by atoms with E-state index >= 15 is 0 Å². The summed E-state index contributed by atoms with van der Waals surface area (Å²) in [6.45, 7) is -0.627. The number of aliphatic hydroxyl groups excluding tert-OH is 4. The molecule has 13 heteroatoms. The average molecular weight is 419 g/mol. The van der Waals surface area contributed by atoms with Gasteiger partial charge < -0.3 is 25.2 Å². The van der Waals surface area contributed by atoms with Crippen LogP contribution < -0.4 is 0 Å². The maximum atomic E-state index is 11.0. The van der Waals surface area contributed by atoms with Crippen LogP contribution in [-0.2, 0) is 25.8 Å². The summed E-state index contributed by atoms with van der Waals surface area (Å²) in [5.74, 6) is 0. The van der Waals surface area contributed by atoms with Crippen LogP contribution in [0.2, 0.25) is 0 Å². The van der Waals surface area contributed by atoms with Gasteiger partial charge in [-0.2, -0.15) is 8.42 Å². The fraction of sp³-hybridized carbons (Fsp3) is 0.750. The van der Waals surface area contributed by atoms with E-state index in [1.807, 2.05) is 0 Å². The lowest BCUT2D eigenvalue weighted by Gasteiger charge is -2.39. The van der Waals surface area contributed by atoms with Crippen LogP contribution in [0.3, 0.4) is 0 Å². The van der Waals surface area contributed by atoms with Crippen LogP contribution >= 0.6 is 11.8 Å². The minimum absolute atomic E-state index is 0.0210. The molecule has 1 aliphatic heterocycles. The summed E-state index contributed by atoms with van der Waals surface area (Å²) >= 11 is 0.631. The molecule has 0 aromatic heterocycles. The molecule has 146 valence electrons. The average Bonchev–Trinajstić information content (AvgIpc) is 2.50. The SMILES string of the molecule is CS(=O)C=CCCC(=NS(=O)(=O)O)SC1OC(CO)C(O)C(O)C1O. The standard InChI is InChI=1S/C12H21NO9S3/c1-24(18)5-3-2-4-8(13-25(19,20)21)23-12-11(17)10(16)9(15)7(6-14)22-12/h3,5,7,9-12,14-17H,2,4,6H2,1H3,(H,19,20,21). The first kappa shape index (κ1) is 22.7. The van der Waals surface area contributed by atoms with Crippen LogP contribution in [0, 0.1) is 0 Å². The normalized spacial score (nSPS) is 32.9. The van der Waals surface area contributed by atoms with Crippen molar-refractivity contribution in [3.05, 3.63) is 11.5 Å². The lowest BCUT2D eigenvalue weighted by atomic mass is 10.0.